The second kappa shape index (κ2) is 3.03. The van der Waals surface area contributed by atoms with Crippen LogP contribution in [0.3, 0.4) is 0 Å². The summed E-state index contributed by atoms with van der Waals surface area (Å²) in [7, 11) is 0. The number of amidine groups is 1. The van der Waals surface area contributed by atoms with E-state index in [2.05, 4.69) is 21.0 Å². The lowest BCUT2D eigenvalue weighted by atomic mass is 10.3. The highest BCUT2D eigenvalue weighted by Gasteiger charge is 1.99. The number of rotatable bonds is 1. The molecule has 0 atom stereocenters. The zero-order valence-electron chi connectivity index (χ0n) is 5.04. The summed E-state index contributed by atoms with van der Waals surface area (Å²) in [6.45, 7) is 0. The Morgan fingerprint density at radius 2 is 2.40 bits per heavy atom. The van der Waals surface area contributed by atoms with Crippen molar-refractivity contribution >= 4 is 33.1 Å². The van der Waals surface area contributed by atoms with Crippen molar-refractivity contribution in [3.05, 3.63) is 20.8 Å². The van der Waals surface area contributed by atoms with Gasteiger partial charge in [-0.1, -0.05) is 0 Å². The molecule has 1 rings (SSSR count). The van der Waals surface area contributed by atoms with E-state index in [9.17, 15) is 0 Å². The van der Waals surface area contributed by atoms with E-state index in [4.69, 9.17) is 11.6 Å². The molecule has 0 spiro atoms. The Kier molecular flexibility index (Phi) is 2.29. The Bertz CT molecular complexity index is 255. The van der Waals surface area contributed by atoms with Gasteiger partial charge in [-0.3, -0.25) is 0 Å². The van der Waals surface area contributed by atoms with Crippen LogP contribution in [0.1, 0.15) is 5.56 Å². The summed E-state index contributed by atoms with van der Waals surface area (Å²) in [6.07, 6.45) is 0. The summed E-state index contributed by atoms with van der Waals surface area (Å²) < 4.78 is 1.02. The van der Waals surface area contributed by atoms with Crippen molar-refractivity contribution < 1.29 is 0 Å². The third-order valence-electron chi connectivity index (χ3n) is 1.00. The van der Waals surface area contributed by atoms with Crippen molar-refractivity contribution in [1.82, 2.24) is 0 Å². The molecular formula is C5H6BrN3S. The van der Waals surface area contributed by atoms with Gasteiger partial charge in [0.25, 0.3) is 0 Å². The number of halogens is 1. The molecule has 0 saturated heterocycles. The Labute approximate surface area is 70.8 Å². The molecule has 4 N–H and O–H groups in total. The highest BCUT2D eigenvalue weighted by atomic mass is 79.9. The monoisotopic (exact) mass is 219 g/mol. The minimum absolute atomic E-state index is 0.363. The van der Waals surface area contributed by atoms with Crippen LogP contribution in [0.2, 0.25) is 0 Å². The normalized spacial score (nSPS) is 11.9. The Hall–Kier alpha value is -0.550. The first-order valence-corrected chi connectivity index (χ1v) is 4.19. The van der Waals surface area contributed by atoms with Crippen LogP contribution in [0.15, 0.2) is 20.3 Å². The molecule has 0 fully saturated rings. The number of hydrogen-bond donors (Lipinski definition) is 2. The molecule has 54 valence electrons. The van der Waals surface area contributed by atoms with Crippen LogP contribution in [-0.4, -0.2) is 5.84 Å². The summed E-state index contributed by atoms with van der Waals surface area (Å²) in [5, 5.41) is 5.24. The van der Waals surface area contributed by atoms with E-state index in [1.807, 2.05) is 11.4 Å². The molecule has 0 amide bonds. The Morgan fingerprint density at radius 1 is 1.70 bits per heavy atom. The molecule has 0 aliphatic carbocycles. The van der Waals surface area contributed by atoms with Crippen LogP contribution < -0.4 is 11.6 Å². The Morgan fingerprint density at radius 3 is 2.80 bits per heavy atom. The average Bonchev–Trinajstić information content (AvgIpc) is 2.34. The summed E-state index contributed by atoms with van der Waals surface area (Å²) in [5.41, 5.74) is 6.28. The van der Waals surface area contributed by atoms with Crippen LogP contribution in [0.5, 0.6) is 0 Å². The van der Waals surface area contributed by atoms with E-state index >= 15 is 0 Å². The van der Waals surface area contributed by atoms with Crippen molar-refractivity contribution in [2.24, 2.45) is 16.7 Å². The molecule has 0 bridgehead atoms. The quantitative estimate of drug-likeness (QED) is 0.322. The predicted molar refractivity (Wildman–Crippen MR) is 46.9 cm³/mol. The molecule has 1 aromatic rings. The first-order chi connectivity index (χ1) is 4.74. The summed E-state index contributed by atoms with van der Waals surface area (Å²) >= 11 is 4.85. The summed E-state index contributed by atoms with van der Waals surface area (Å²) in [6, 6.07) is 1.87. The molecule has 0 aliphatic rings. The van der Waals surface area contributed by atoms with Gasteiger partial charge in [0.2, 0.25) is 0 Å². The molecule has 5 heteroatoms. The minimum atomic E-state index is 0.363. The van der Waals surface area contributed by atoms with Gasteiger partial charge in [-0.2, -0.15) is 5.10 Å². The molecule has 0 aliphatic heterocycles. The summed E-state index contributed by atoms with van der Waals surface area (Å²) in [4.78, 5) is 0. The minimum Gasteiger partial charge on any atom is -0.382 e. The predicted octanol–water partition coefficient (Wildman–Crippen LogP) is 1.09. The molecule has 0 radical (unpaired) electrons. The van der Waals surface area contributed by atoms with Gasteiger partial charge < -0.3 is 11.6 Å². The van der Waals surface area contributed by atoms with Gasteiger partial charge in [0.05, 0.1) is 3.79 Å². The van der Waals surface area contributed by atoms with Crippen LogP contribution in [0, 0.1) is 0 Å². The fourth-order valence-corrected chi connectivity index (χ4v) is 1.67. The van der Waals surface area contributed by atoms with Crippen LogP contribution >= 0.6 is 27.3 Å². The van der Waals surface area contributed by atoms with E-state index < -0.39 is 0 Å². The number of thiophene rings is 1. The zero-order chi connectivity index (χ0) is 7.56. The lowest BCUT2D eigenvalue weighted by Gasteiger charge is -1.89. The maximum atomic E-state index is 5.42. The molecule has 0 unspecified atom stereocenters. The fraction of sp³-hybridized carbons (Fsp3) is 0. The van der Waals surface area contributed by atoms with Gasteiger partial charge in [-0.05, 0) is 22.0 Å². The molecule has 1 aromatic heterocycles. The third kappa shape index (κ3) is 1.48. The maximum Gasteiger partial charge on any atom is 0.151 e. The Balaban J connectivity index is 2.95. The average molecular weight is 220 g/mol. The summed E-state index contributed by atoms with van der Waals surface area (Å²) in [5.74, 6) is 5.33. The zero-order valence-corrected chi connectivity index (χ0v) is 7.45. The lowest BCUT2D eigenvalue weighted by molar-refractivity contribution is 1.23. The van der Waals surface area contributed by atoms with Crippen molar-refractivity contribution in [1.29, 1.82) is 0 Å². The number of hydrazone groups is 1. The molecule has 1 heterocycles. The van der Waals surface area contributed by atoms with Crippen molar-refractivity contribution in [3.63, 3.8) is 0 Å². The topological polar surface area (TPSA) is 64.4 Å². The van der Waals surface area contributed by atoms with E-state index in [-0.39, 0.29) is 0 Å². The number of nitrogens with two attached hydrogens (primary N) is 2. The highest BCUT2D eigenvalue weighted by Crippen LogP contribution is 2.19. The van der Waals surface area contributed by atoms with Gasteiger partial charge in [-0.25, -0.2) is 0 Å². The number of nitrogens with zero attached hydrogens (tertiary/aromatic N) is 1. The van der Waals surface area contributed by atoms with Crippen LogP contribution in [0.4, 0.5) is 0 Å². The van der Waals surface area contributed by atoms with E-state index in [0.29, 0.717) is 5.84 Å². The first-order valence-electron chi connectivity index (χ1n) is 2.52. The molecule has 10 heavy (non-hydrogen) atoms. The van der Waals surface area contributed by atoms with E-state index in [1.165, 1.54) is 0 Å². The molecule has 0 saturated carbocycles. The molecule has 3 nitrogen and oxygen atoms in total. The van der Waals surface area contributed by atoms with Gasteiger partial charge in [0.15, 0.2) is 5.84 Å². The van der Waals surface area contributed by atoms with Gasteiger partial charge in [0, 0.05) is 10.9 Å². The first kappa shape index (κ1) is 7.56. The van der Waals surface area contributed by atoms with Gasteiger partial charge >= 0.3 is 0 Å². The standard InChI is InChI=1S/C5H6BrN3S/c6-4-1-3(2-10-4)5(7)9-8/h1-2H,8H2,(H2,7,9). The third-order valence-corrected chi connectivity index (χ3v) is 2.51. The van der Waals surface area contributed by atoms with Crippen LogP contribution in [0.25, 0.3) is 0 Å². The second-order valence-electron chi connectivity index (χ2n) is 1.65. The van der Waals surface area contributed by atoms with Crippen molar-refractivity contribution in [2.75, 3.05) is 0 Å². The largest absolute Gasteiger partial charge is 0.382 e. The second-order valence-corrected chi connectivity index (χ2v) is 3.94. The van der Waals surface area contributed by atoms with Crippen molar-refractivity contribution in [2.45, 2.75) is 0 Å². The SMILES string of the molecule is NN=C(N)c1csc(Br)c1. The van der Waals surface area contributed by atoms with E-state index in [0.717, 1.165) is 9.35 Å². The fourth-order valence-electron chi connectivity index (χ4n) is 0.519. The van der Waals surface area contributed by atoms with Crippen LogP contribution in [-0.2, 0) is 0 Å². The molecule has 0 aromatic carbocycles. The lowest BCUT2D eigenvalue weighted by Crippen LogP contribution is -2.14. The maximum absolute atomic E-state index is 5.42. The highest BCUT2D eigenvalue weighted by molar-refractivity contribution is 9.11. The van der Waals surface area contributed by atoms with Gasteiger partial charge in [-0.15, -0.1) is 11.3 Å². The molecular weight excluding hydrogens is 214 g/mol. The smallest absolute Gasteiger partial charge is 0.151 e. The van der Waals surface area contributed by atoms with Gasteiger partial charge in [0.1, 0.15) is 0 Å². The van der Waals surface area contributed by atoms with Crippen molar-refractivity contribution in [3.8, 4) is 0 Å². The number of hydrogen-bond acceptors (Lipinski definition) is 3. The van der Waals surface area contributed by atoms with E-state index in [1.54, 1.807) is 11.3 Å².